The van der Waals surface area contributed by atoms with E-state index in [1.807, 2.05) is 18.2 Å². The first-order valence-corrected chi connectivity index (χ1v) is 13.1. The average molecular weight is 581 g/mol. The molecule has 9 nitrogen and oxygen atoms in total. The number of hydrazone groups is 1. The van der Waals surface area contributed by atoms with Crippen molar-refractivity contribution in [3.63, 3.8) is 0 Å². The fourth-order valence-electron chi connectivity index (χ4n) is 4.33. The number of carbonyl (C=O) groups excluding carboxylic acids is 3. The molecule has 3 N–H and O–H groups in total. The topological polar surface area (TPSA) is 118 Å². The van der Waals surface area contributed by atoms with Gasteiger partial charge in [0.15, 0.2) is 0 Å². The predicted molar refractivity (Wildman–Crippen MR) is 164 cm³/mol. The molecule has 0 fully saturated rings. The zero-order chi connectivity index (χ0) is 29.6. The largest absolute Gasteiger partial charge is 0.495 e. The van der Waals surface area contributed by atoms with Crippen molar-refractivity contribution >= 4 is 58.0 Å². The summed E-state index contributed by atoms with van der Waals surface area (Å²) >= 11 is 6.11. The Labute approximate surface area is 246 Å². The zero-order valence-electron chi connectivity index (χ0n) is 22.6. The van der Waals surface area contributed by atoms with Crippen LogP contribution in [0.15, 0.2) is 102 Å². The third-order valence-electron chi connectivity index (χ3n) is 6.41. The first-order chi connectivity index (χ1) is 20.4. The Morgan fingerprint density at radius 3 is 2.21 bits per heavy atom. The molecule has 0 aromatic heterocycles. The molecular weight excluding hydrogens is 556 g/mol. The number of carbonyl (C=O) groups is 3. The molecule has 0 radical (unpaired) electrons. The van der Waals surface area contributed by atoms with E-state index in [1.54, 1.807) is 66.7 Å². The number of halogens is 1. The average Bonchev–Trinajstić information content (AvgIpc) is 3.00. The maximum absolute atomic E-state index is 13.6. The first-order valence-electron chi connectivity index (χ1n) is 12.8. The Bertz CT molecular complexity index is 1750. The number of Topliss-reactive ketones (excluding diaryl/α,β-unsaturated/α-hetero) is 1. The van der Waals surface area contributed by atoms with Crippen molar-refractivity contribution in [3.8, 4) is 11.5 Å². The number of para-hydroxylation sites is 1. The molecule has 10 heteroatoms. The van der Waals surface area contributed by atoms with Gasteiger partial charge in [0.25, 0.3) is 11.8 Å². The number of benzene rings is 4. The summed E-state index contributed by atoms with van der Waals surface area (Å²) in [5, 5.41) is 10.3. The molecule has 1 aliphatic rings. The molecule has 1 aliphatic carbocycles. The van der Waals surface area contributed by atoms with Crippen LogP contribution in [0.3, 0.4) is 0 Å². The number of nitrogens with one attached hydrogen (secondary N) is 3. The minimum absolute atomic E-state index is 0.0116. The minimum atomic E-state index is -0.653. The highest BCUT2D eigenvalue weighted by Crippen LogP contribution is 2.30. The Balaban J connectivity index is 1.45. The number of amides is 2. The summed E-state index contributed by atoms with van der Waals surface area (Å²) in [5.74, 6) is -0.807. The first kappa shape index (κ1) is 28.1. The van der Waals surface area contributed by atoms with Gasteiger partial charge in [-0.15, -0.1) is 0 Å². The molecule has 0 saturated carbocycles. The number of ketones is 1. The van der Waals surface area contributed by atoms with Crippen molar-refractivity contribution in [2.45, 2.75) is 0 Å². The van der Waals surface area contributed by atoms with E-state index < -0.39 is 11.7 Å². The van der Waals surface area contributed by atoms with Crippen LogP contribution in [0.2, 0.25) is 5.02 Å². The molecule has 2 amide bonds. The number of ether oxygens (including phenoxy) is 2. The smallest absolute Gasteiger partial charge is 0.259 e. The molecule has 0 bridgehead atoms. The molecule has 5 rings (SSSR count). The third kappa shape index (κ3) is 6.01. The van der Waals surface area contributed by atoms with Crippen LogP contribution in [0.1, 0.15) is 21.5 Å². The van der Waals surface area contributed by atoms with Crippen molar-refractivity contribution in [3.05, 3.63) is 118 Å². The number of methoxy groups -OCH3 is 2. The summed E-state index contributed by atoms with van der Waals surface area (Å²) in [6.45, 7) is 0. The molecule has 0 atom stereocenters. The Hall–Kier alpha value is -5.41. The predicted octanol–water partition coefficient (Wildman–Crippen LogP) is 6.03. The Kier molecular flexibility index (Phi) is 8.31. The molecule has 0 heterocycles. The van der Waals surface area contributed by atoms with Crippen LogP contribution in [0, 0.1) is 0 Å². The van der Waals surface area contributed by atoms with E-state index in [4.69, 9.17) is 21.1 Å². The van der Waals surface area contributed by atoms with E-state index >= 15 is 0 Å². The van der Waals surface area contributed by atoms with Crippen LogP contribution < -0.4 is 25.5 Å². The number of rotatable bonds is 8. The standard InChI is InChI=1S/C32H25ClN4O5/c1-41-27-15-13-21(33)18-25(27)35-32(40)24-16-19-8-6-7-11-23(19)29(30(24)38)37-36-26-17-20(12-14-28(26)42-2)31(39)34-22-9-4-3-5-10-22/h3-18,36H,1-2H3,(H,34,39)(H,35,40). The number of hydrogen-bond acceptors (Lipinski definition) is 7. The van der Waals surface area contributed by atoms with Crippen molar-refractivity contribution < 1.29 is 23.9 Å². The van der Waals surface area contributed by atoms with Crippen LogP contribution in [0.25, 0.3) is 6.08 Å². The van der Waals surface area contributed by atoms with E-state index in [2.05, 4.69) is 21.2 Å². The van der Waals surface area contributed by atoms with Gasteiger partial charge in [-0.2, -0.15) is 5.10 Å². The second-order valence-corrected chi connectivity index (χ2v) is 9.52. The molecule has 0 saturated heterocycles. The van der Waals surface area contributed by atoms with Crippen molar-refractivity contribution in [1.29, 1.82) is 0 Å². The number of fused-ring (bicyclic) bond motifs is 1. The van der Waals surface area contributed by atoms with Gasteiger partial charge < -0.3 is 20.1 Å². The van der Waals surface area contributed by atoms with E-state index in [0.29, 0.717) is 50.3 Å². The molecule has 0 unspecified atom stereocenters. The number of hydrogen-bond donors (Lipinski definition) is 3. The summed E-state index contributed by atoms with van der Waals surface area (Å²) in [6, 6.07) is 25.7. The van der Waals surface area contributed by atoms with Gasteiger partial charge in [-0.25, -0.2) is 0 Å². The maximum Gasteiger partial charge on any atom is 0.259 e. The van der Waals surface area contributed by atoms with Crippen LogP contribution in [-0.4, -0.2) is 37.5 Å². The fraction of sp³-hybridized carbons (Fsp3) is 0.0625. The number of nitrogens with zero attached hydrogens (tertiary/aromatic N) is 1. The van der Waals surface area contributed by atoms with Crippen molar-refractivity contribution in [1.82, 2.24) is 0 Å². The van der Waals surface area contributed by atoms with Crippen LogP contribution >= 0.6 is 11.6 Å². The number of anilines is 3. The van der Waals surface area contributed by atoms with E-state index in [9.17, 15) is 14.4 Å². The summed E-state index contributed by atoms with van der Waals surface area (Å²) in [5.41, 5.74) is 5.56. The van der Waals surface area contributed by atoms with Crippen LogP contribution in [0.5, 0.6) is 11.5 Å². The lowest BCUT2D eigenvalue weighted by Gasteiger charge is -2.18. The van der Waals surface area contributed by atoms with E-state index in [-0.39, 0.29) is 17.2 Å². The molecule has 42 heavy (non-hydrogen) atoms. The van der Waals surface area contributed by atoms with E-state index in [1.165, 1.54) is 26.4 Å². The lowest BCUT2D eigenvalue weighted by molar-refractivity contribution is -0.116. The van der Waals surface area contributed by atoms with Gasteiger partial charge in [-0.1, -0.05) is 54.1 Å². The quantitative estimate of drug-likeness (QED) is 0.173. The van der Waals surface area contributed by atoms with Crippen molar-refractivity contribution in [2.75, 3.05) is 30.3 Å². The molecule has 0 aliphatic heterocycles. The highest BCUT2D eigenvalue weighted by molar-refractivity contribution is 6.59. The monoisotopic (exact) mass is 580 g/mol. The van der Waals surface area contributed by atoms with Gasteiger partial charge in [-0.3, -0.25) is 19.8 Å². The second kappa shape index (κ2) is 12.4. The summed E-state index contributed by atoms with van der Waals surface area (Å²) in [6.07, 6.45) is 1.51. The van der Waals surface area contributed by atoms with Gasteiger partial charge in [0.1, 0.15) is 17.2 Å². The highest BCUT2D eigenvalue weighted by Gasteiger charge is 2.30. The fourth-order valence-corrected chi connectivity index (χ4v) is 4.51. The van der Waals surface area contributed by atoms with Gasteiger partial charge in [0.05, 0.1) is 31.2 Å². The Morgan fingerprint density at radius 2 is 1.45 bits per heavy atom. The SMILES string of the molecule is COc1ccc(C(=O)Nc2ccccc2)cc1NN=C1C(=O)C(C(=O)Nc2cc(Cl)ccc2OC)=Cc2ccccc21. The molecule has 4 aromatic rings. The maximum atomic E-state index is 13.6. The van der Waals surface area contributed by atoms with Crippen LogP contribution in [-0.2, 0) is 9.59 Å². The second-order valence-electron chi connectivity index (χ2n) is 9.08. The Morgan fingerprint density at radius 1 is 0.762 bits per heavy atom. The van der Waals surface area contributed by atoms with Gasteiger partial charge in [0.2, 0.25) is 5.78 Å². The lowest BCUT2D eigenvalue weighted by Crippen LogP contribution is -2.30. The zero-order valence-corrected chi connectivity index (χ0v) is 23.4. The highest BCUT2D eigenvalue weighted by atomic mass is 35.5. The van der Waals surface area contributed by atoms with Gasteiger partial charge >= 0.3 is 0 Å². The van der Waals surface area contributed by atoms with E-state index in [0.717, 1.165) is 0 Å². The molecular formula is C32H25ClN4O5. The minimum Gasteiger partial charge on any atom is -0.495 e. The normalized spacial score (nSPS) is 13.1. The van der Waals surface area contributed by atoms with Crippen molar-refractivity contribution in [2.24, 2.45) is 5.10 Å². The summed E-state index contributed by atoms with van der Waals surface area (Å²) < 4.78 is 10.8. The lowest BCUT2D eigenvalue weighted by atomic mass is 9.89. The van der Waals surface area contributed by atoms with Gasteiger partial charge in [0, 0.05) is 21.8 Å². The third-order valence-corrected chi connectivity index (χ3v) is 6.65. The molecule has 0 spiro atoms. The molecule has 210 valence electrons. The summed E-state index contributed by atoms with van der Waals surface area (Å²) in [4.78, 5) is 39.8. The van der Waals surface area contributed by atoms with Crippen LogP contribution in [0.4, 0.5) is 17.1 Å². The van der Waals surface area contributed by atoms with Gasteiger partial charge in [-0.05, 0) is 60.2 Å². The summed E-state index contributed by atoms with van der Waals surface area (Å²) in [7, 11) is 2.94. The molecule has 4 aromatic carbocycles.